The predicted octanol–water partition coefficient (Wildman–Crippen LogP) is 2.88. The van der Waals surface area contributed by atoms with Crippen LogP contribution in [0.15, 0.2) is 42.7 Å². The highest BCUT2D eigenvalue weighted by molar-refractivity contribution is 5.92. The van der Waals surface area contributed by atoms with Gasteiger partial charge in [0.15, 0.2) is 5.82 Å². The van der Waals surface area contributed by atoms with E-state index >= 15 is 0 Å². The first-order valence-corrected chi connectivity index (χ1v) is 11.0. The minimum atomic E-state index is -0.556. The Kier molecular flexibility index (Phi) is 5.61. The zero-order chi connectivity index (χ0) is 24.0. The van der Waals surface area contributed by atoms with E-state index in [1.165, 1.54) is 17.1 Å². The van der Waals surface area contributed by atoms with Crippen LogP contribution >= 0.6 is 0 Å². The number of anilines is 1. The van der Waals surface area contributed by atoms with Gasteiger partial charge in [0, 0.05) is 42.0 Å². The number of nitrogens with two attached hydrogens (primary N) is 1. The molecular formula is C24H31N7O2. The van der Waals surface area contributed by atoms with E-state index < -0.39 is 5.91 Å². The Labute approximate surface area is 193 Å². The minimum Gasteiger partial charge on any atom is -0.507 e. The van der Waals surface area contributed by atoms with Crippen LogP contribution in [0.5, 0.6) is 5.75 Å². The molecule has 1 fully saturated rings. The van der Waals surface area contributed by atoms with Gasteiger partial charge in [0.25, 0.3) is 5.91 Å². The molecule has 4 N–H and O–H groups in total. The summed E-state index contributed by atoms with van der Waals surface area (Å²) >= 11 is 0. The smallest absolute Gasteiger partial charge is 0.251 e. The van der Waals surface area contributed by atoms with Gasteiger partial charge in [-0.15, -0.1) is 10.2 Å². The SMILES string of the molecule is CN(c1ccc(-c2ccc(-n3cc(C(N)=O)cn3)cc2O)nn1)C1CC(C)(C)NC(C)(C)C1. The number of carbonyl (C=O) groups is 1. The lowest BCUT2D eigenvalue weighted by atomic mass is 9.79. The lowest BCUT2D eigenvalue weighted by molar-refractivity contribution is 0.1000. The predicted molar refractivity (Wildman–Crippen MR) is 127 cm³/mol. The Balaban J connectivity index is 1.53. The fourth-order valence-corrected chi connectivity index (χ4v) is 4.86. The van der Waals surface area contributed by atoms with Crippen molar-refractivity contribution >= 4 is 11.7 Å². The van der Waals surface area contributed by atoms with Gasteiger partial charge in [-0.25, -0.2) is 4.68 Å². The maximum absolute atomic E-state index is 11.3. The van der Waals surface area contributed by atoms with E-state index in [-0.39, 0.29) is 16.8 Å². The summed E-state index contributed by atoms with van der Waals surface area (Å²) in [7, 11) is 2.06. The van der Waals surface area contributed by atoms with Crippen LogP contribution < -0.4 is 16.0 Å². The third-order valence-electron chi connectivity index (χ3n) is 6.12. The molecular weight excluding hydrogens is 418 g/mol. The first kappa shape index (κ1) is 22.7. The van der Waals surface area contributed by atoms with Gasteiger partial charge in [-0.2, -0.15) is 5.10 Å². The number of carbonyl (C=O) groups excluding carboxylic acids is 1. The lowest BCUT2D eigenvalue weighted by Crippen LogP contribution is -2.62. The number of aromatic hydroxyl groups is 1. The van der Waals surface area contributed by atoms with Crippen molar-refractivity contribution < 1.29 is 9.90 Å². The second-order valence-corrected chi connectivity index (χ2v) is 10.1. The summed E-state index contributed by atoms with van der Waals surface area (Å²) in [5.74, 6) is 0.281. The second kappa shape index (κ2) is 8.15. The van der Waals surface area contributed by atoms with Crippen molar-refractivity contribution in [2.75, 3.05) is 11.9 Å². The van der Waals surface area contributed by atoms with E-state index in [1.807, 2.05) is 12.1 Å². The lowest BCUT2D eigenvalue weighted by Gasteiger charge is -2.49. The highest BCUT2D eigenvalue weighted by atomic mass is 16.3. The third-order valence-corrected chi connectivity index (χ3v) is 6.12. The molecule has 3 aromatic rings. The molecule has 2 aromatic heterocycles. The molecule has 1 aliphatic rings. The number of piperidine rings is 1. The highest BCUT2D eigenvalue weighted by Gasteiger charge is 2.39. The van der Waals surface area contributed by atoms with Gasteiger partial charge in [0.2, 0.25) is 0 Å². The van der Waals surface area contributed by atoms with Crippen molar-refractivity contribution in [3.63, 3.8) is 0 Å². The van der Waals surface area contributed by atoms with Crippen LogP contribution in [0.1, 0.15) is 50.9 Å². The monoisotopic (exact) mass is 449 g/mol. The van der Waals surface area contributed by atoms with Gasteiger partial charge in [-0.05, 0) is 64.8 Å². The van der Waals surface area contributed by atoms with E-state index in [1.54, 1.807) is 18.2 Å². The number of primary amides is 1. The molecule has 0 radical (unpaired) electrons. The zero-order valence-electron chi connectivity index (χ0n) is 19.7. The number of nitrogens with zero attached hydrogens (tertiary/aromatic N) is 5. The van der Waals surface area contributed by atoms with Crippen LogP contribution in [0.2, 0.25) is 0 Å². The minimum absolute atomic E-state index is 0.0361. The largest absolute Gasteiger partial charge is 0.507 e. The van der Waals surface area contributed by atoms with Gasteiger partial charge in [0.1, 0.15) is 5.75 Å². The molecule has 0 saturated carbocycles. The van der Waals surface area contributed by atoms with Crippen LogP contribution in [-0.2, 0) is 0 Å². The molecule has 4 rings (SSSR count). The molecule has 0 aliphatic carbocycles. The average molecular weight is 450 g/mol. The summed E-state index contributed by atoms with van der Waals surface area (Å²) in [4.78, 5) is 13.5. The van der Waals surface area contributed by atoms with Gasteiger partial charge in [-0.1, -0.05) is 0 Å². The molecule has 9 heteroatoms. The summed E-state index contributed by atoms with van der Waals surface area (Å²) < 4.78 is 1.48. The molecule has 9 nitrogen and oxygen atoms in total. The van der Waals surface area contributed by atoms with E-state index in [9.17, 15) is 9.90 Å². The van der Waals surface area contributed by atoms with Crippen molar-refractivity contribution in [1.29, 1.82) is 0 Å². The highest BCUT2D eigenvalue weighted by Crippen LogP contribution is 2.34. The fourth-order valence-electron chi connectivity index (χ4n) is 4.86. The number of hydrogen-bond acceptors (Lipinski definition) is 7. The number of amides is 1. The summed E-state index contributed by atoms with van der Waals surface area (Å²) in [6.07, 6.45) is 4.91. The molecule has 1 saturated heterocycles. The number of rotatable bonds is 5. The van der Waals surface area contributed by atoms with Gasteiger partial charge >= 0.3 is 0 Å². The third kappa shape index (κ3) is 4.83. The van der Waals surface area contributed by atoms with E-state index in [0.717, 1.165) is 18.7 Å². The normalized spacial score (nSPS) is 17.6. The van der Waals surface area contributed by atoms with E-state index in [0.29, 0.717) is 28.6 Å². The van der Waals surface area contributed by atoms with Crippen molar-refractivity contribution in [2.45, 2.75) is 57.7 Å². The Morgan fingerprint density at radius 1 is 1.15 bits per heavy atom. The van der Waals surface area contributed by atoms with Crippen molar-refractivity contribution in [2.24, 2.45) is 5.73 Å². The standard InChI is InChI=1S/C24H31N7O2/c1-23(2)11-17(12-24(3,4)29-23)30(5)21-9-8-19(27-28-21)18-7-6-16(10-20(18)32)31-14-15(13-26-31)22(25)33/h6-10,13-14,17,29,32H,11-12H2,1-5H3,(H2,25,33). The summed E-state index contributed by atoms with van der Waals surface area (Å²) in [5, 5.41) is 27.2. The first-order chi connectivity index (χ1) is 15.4. The second-order valence-electron chi connectivity index (χ2n) is 10.1. The van der Waals surface area contributed by atoms with Crippen molar-refractivity contribution in [3.8, 4) is 22.7 Å². The molecule has 174 valence electrons. The maximum atomic E-state index is 11.3. The van der Waals surface area contributed by atoms with Crippen LogP contribution in [-0.4, -0.2) is 55.2 Å². The molecule has 1 amide bonds. The number of aromatic nitrogens is 4. The molecule has 3 heterocycles. The molecule has 0 spiro atoms. The Hall–Kier alpha value is -3.46. The van der Waals surface area contributed by atoms with E-state index in [4.69, 9.17) is 5.73 Å². The number of hydrogen-bond donors (Lipinski definition) is 3. The molecule has 1 aromatic carbocycles. The number of benzene rings is 1. The average Bonchev–Trinajstić information content (AvgIpc) is 3.22. The van der Waals surface area contributed by atoms with Crippen LogP contribution in [0.4, 0.5) is 5.82 Å². The first-order valence-electron chi connectivity index (χ1n) is 11.0. The van der Waals surface area contributed by atoms with Crippen LogP contribution in [0.25, 0.3) is 16.9 Å². The van der Waals surface area contributed by atoms with E-state index in [2.05, 4.69) is 60.3 Å². The summed E-state index contributed by atoms with van der Waals surface area (Å²) in [6.45, 7) is 8.92. The van der Waals surface area contributed by atoms with Gasteiger partial charge in [0.05, 0.1) is 23.1 Å². The maximum Gasteiger partial charge on any atom is 0.251 e. The summed E-state index contributed by atoms with van der Waals surface area (Å²) in [6, 6.07) is 9.24. The molecule has 0 atom stereocenters. The quantitative estimate of drug-likeness (QED) is 0.547. The summed E-state index contributed by atoms with van der Waals surface area (Å²) in [5.41, 5.74) is 7.38. The molecule has 1 aliphatic heterocycles. The van der Waals surface area contributed by atoms with Crippen LogP contribution in [0, 0.1) is 0 Å². The topological polar surface area (TPSA) is 122 Å². The van der Waals surface area contributed by atoms with Crippen molar-refractivity contribution in [1.82, 2.24) is 25.3 Å². The van der Waals surface area contributed by atoms with Gasteiger partial charge < -0.3 is 21.1 Å². The Morgan fingerprint density at radius 3 is 2.39 bits per heavy atom. The number of phenols is 1. The fraction of sp³-hybridized carbons (Fsp3) is 0.417. The number of phenolic OH excluding ortho intramolecular Hbond substituents is 1. The molecule has 33 heavy (non-hydrogen) atoms. The van der Waals surface area contributed by atoms with Crippen molar-refractivity contribution in [3.05, 3.63) is 48.3 Å². The van der Waals surface area contributed by atoms with Gasteiger partial charge in [-0.3, -0.25) is 4.79 Å². The Bertz CT molecular complexity index is 1150. The number of nitrogens with one attached hydrogen (secondary N) is 1. The zero-order valence-corrected chi connectivity index (χ0v) is 19.7. The molecule has 0 bridgehead atoms. The Morgan fingerprint density at radius 2 is 1.85 bits per heavy atom. The van der Waals surface area contributed by atoms with Crippen LogP contribution in [0.3, 0.4) is 0 Å². The molecule has 0 unspecified atom stereocenters.